The summed E-state index contributed by atoms with van der Waals surface area (Å²) < 4.78 is 0. The van der Waals surface area contributed by atoms with Gasteiger partial charge in [0, 0.05) is 12.8 Å². The van der Waals surface area contributed by atoms with Crippen LogP contribution in [0.3, 0.4) is 0 Å². The van der Waals surface area contributed by atoms with Gasteiger partial charge in [0.15, 0.2) is 0 Å². The zero-order chi connectivity index (χ0) is 22.6. The number of hydrogen-bond donors (Lipinski definition) is 2. The van der Waals surface area contributed by atoms with Crippen molar-refractivity contribution in [1.82, 2.24) is 5.32 Å². The number of aliphatic carboxylic acids is 1. The molecule has 0 unspecified atom stereocenters. The fraction of sp³-hybridized carbons (Fsp3) is 0.630. The second-order valence-electron chi connectivity index (χ2n) is 8.48. The summed E-state index contributed by atoms with van der Waals surface area (Å²) >= 11 is 0. The molecule has 32 heavy (non-hydrogen) atoms. The number of rotatable bonds is 19. The van der Waals surface area contributed by atoms with Crippen LogP contribution in [0.25, 0.3) is 0 Å². The van der Waals surface area contributed by atoms with Crippen LogP contribution in [0.15, 0.2) is 42.5 Å². The van der Waals surface area contributed by atoms with Crippen molar-refractivity contribution in [2.24, 2.45) is 0 Å². The standard InChI is InChI=1S/C27H43NO3.Na.H/c1-2-3-4-5-6-7-8-9-10-11-12-13-14-15-19-22-26(29)28-25(27(30)31)23-24-20-17-16-18-21-24;;/h9-10,16-18,20-21,25H,2-8,11-15,19,22-23H2,1H3,(H,28,29)(H,30,31);;/b10-9-;;/t25-;;/m0../s1. The fourth-order valence-electron chi connectivity index (χ4n) is 3.67. The van der Waals surface area contributed by atoms with E-state index in [9.17, 15) is 14.7 Å². The topological polar surface area (TPSA) is 66.4 Å². The molecule has 0 radical (unpaired) electrons. The molecule has 4 nitrogen and oxygen atoms in total. The molecule has 0 aliphatic carbocycles. The molecule has 176 valence electrons. The molecule has 0 saturated heterocycles. The first-order valence-electron chi connectivity index (χ1n) is 12.3. The van der Waals surface area contributed by atoms with Crippen LogP contribution in [0, 0.1) is 0 Å². The Morgan fingerprint density at radius 3 is 1.94 bits per heavy atom. The van der Waals surface area contributed by atoms with Crippen LogP contribution in [-0.4, -0.2) is 52.6 Å². The number of carboxylic acids is 1. The van der Waals surface area contributed by atoms with E-state index in [1.807, 2.05) is 30.3 Å². The maximum absolute atomic E-state index is 12.1. The number of hydrogen-bond acceptors (Lipinski definition) is 2. The van der Waals surface area contributed by atoms with E-state index in [4.69, 9.17) is 0 Å². The van der Waals surface area contributed by atoms with Gasteiger partial charge in [-0.2, -0.15) is 0 Å². The fourth-order valence-corrected chi connectivity index (χ4v) is 3.67. The molecule has 2 N–H and O–H groups in total. The number of carbonyl (C=O) groups excluding carboxylic acids is 1. The van der Waals surface area contributed by atoms with Gasteiger partial charge in [-0.3, -0.25) is 4.79 Å². The number of carbonyl (C=O) groups is 2. The van der Waals surface area contributed by atoms with Crippen molar-refractivity contribution in [3.8, 4) is 0 Å². The predicted octanol–water partition coefficient (Wildman–Crippen LogP) is 6.19. The number of amides is 1. The summed E-state index contributed by atoms with van der Waals surface area (Å²) in [6, 6.07) is 8.55. The van der Waals surface area contributed by atoms with E-state index in [1.54, 1.807) is 0 Å². The third kappa shape index (κ3) is 17.5. The quantitative estimate of drug-likeness (QED) is 0.149. The first-order chi connectivity index (χ1) is 15.1. The van der Waals surface area contributed by atoms with E-state index in [-0.39, 0.29) is 35.5 Å². The van der Waals surface area contributed by atoms with Crippen molar-refractivity contribution in [1.29, 1.82) is 0 Å². The number of benzene rings is 1. The molecule has 1 aromatic carbocycles. The third-order valence-electron chi connectivity index (χ3n) is 5.58. The summed E-state index contributed by atoms with van der Waals surface area (Å²) in [4.78, 5) is 23.5. The Morgan fingerprint density at radius 2 is 1.38 bits per heavy atom. The Labute approximate surface area is 217 Å². The van der Waals surface area contributed by atoms with Crippen LogP contribution < -0.4 is 5.32 Å². The van der Waals surface area contributed by atoms with E-state index in [1.165, 1.54) is 57.8 Å². The van der Waals surface area contributed by atoms with Crippen LogP contribution >= 0.6 is 0 Å². The number of nitrogens with one attached hydrogen (secondary N) is 1. The molecule has 0 heterocycles. The summed E-state index contributed by atoms with van der Waals surface area (Å²) in [6.07, 6.45) is 21.2. The van der Waals surface area contributed by atoms with Crippen LogP contribution in [0.2, 0.25) is 0 Å². The summed E-state index contributed by atoms with van der Waals surface area (Å²) in [5, 5.41) is 12.0. The Balaban J connectivity index is 0.00000961. The van der Waals surface area contributed by atoms with Crippen molar-refractivity contribution in [3.63, 3.8) is 0 Å². The molecule has 5 heteroatoms. The van der Waals surface area contributed by atoms with Crippen LogP contribution in [0.5, 0.6) is 0 Å². The predicted molar refractivity (Wildman–Crippen MR) is 136 cm³/mol. The van der Waals surface area contributed by atoms with E-state index >= 15 is 0 Å². The Kier molecular flexibility index (Phi) is 21.0. The van der Waals surface area contributed by atoms with Crippen molar-refractivity contribution < 1.29 is 14.7 Å². The van der Waals surface area contributed by atoms with Crippen LogP contribution in [-0.2, 0) is 16.0 Å². The van der Waals surface area contributed by atoms with Gasteiger partial charge in [0.05, 0.1) is 0 Å². The van der Waals surface area contributed by atoms with Gasteiger partial charge in [-0.25, -0.2) is 4.79 Å². The normalized spacial score (nSPS) is 11.8. The molecule has 1 atom stereocenters. The minimum absolute atomic E-state index is 0. The van der Waals surface area contributed by atoms with E-state index < -0.39 is 12.0 Å². The van der Waals surface area contributed by atoms with Gasteiger partial charge in [0.1, 0.15) is 6.04 Å². The molecule has 0 aliphatic rings. The first kappa shape index (κ1) is 30.9. The second-order valence-corrected chi connectivity index (χ2v) is 8.48. The molecule has 0 fully saturated rings. The minimum atomic E-state index is -0.984. The van der Waals surface area contributed by atoms with Crippen molar-refractivity contribution in [2.75, 3.05) is 0 Å². The molecular weight excluding hydrogens is 409 g/mol. The molecule has 0 bridgehead atoms. The van der Waals surface area contributed by atoms with Crippen LogP contribution in [0.1, 0.15) is 102 Å². The average molecular weight is 454 g/mol. The van der Waals surface area contributed by atoms with Crippen molar-refractivity contribution in [2.45, 2.75) is 109 Å². The van der Waals surface area contributed by atoms with Gasteiger partial charge in [0.25, 0.3) is 0 Å². The molecule has 1 aromatic rings. The van der Waals surface area contributed by atoms with E-state index in [2.05, 4.69) is 24.4 Å². The van der Waals surface area contributed by atoms with Crippen molar-refractivity contribution in [3.05, 3.63) is 48.0 Å². The monoisotopic (exact) mass is 453 g/mol. The Bertz CT molecular complexity index is 619. The molecule has 0 saturated carbocycles. The van der Waals surface area contributed by atoms with Gasteiger partial charge < -0.3 is 10.4 Å². The Hall–Kier alpha value is -1.10. The zero-order valence-corrected chi connectivity index (χ0v) is 19.5. The average Bonchev–Trinajstić information content (AvgIpc) is 2.76. The van der Waals surface area contributed by atoms with Gasteiger partial charge >= 0.3 is 35.5 Å². The summed E-state index contributed by atoms with van der Waals surface area (Å²) in [5.41, 5.74) is 0.913. The second kappa shape index (κ2) is 21.7. The number of allylic oxidation sites excluding steroid dienone is 2. The summed E-state index contributed by atoms with van der Waals surface area (Å²) in [7, 11) is 0. The number of unbranched alkanes of at least 4 members (excludes halogenated alkanes) is 11. The Morgan fingerprint density at radius 1 is 0.844 bits per heavy atom. The SMILES string of the molecule is CCCCCCCC/C=C\CCCCCCCC(=O)N[C@@H](Cc1ccccc1)C(=O)O.[NaH]. The summed E-state index contributed by atoms with van der Waals surface area (Å²) in [5.74, 6) is -1.15. The molecule has 1 rings (SSSR count). The molecule has 0 aliphatic heterocycles. The van der Waals surface area contributed by atoms with E-state index in [0.717, 1.165) is 31.2 Å². The number of carboxylic acid groups (broad SMARTS) is 1. The first-order valence-corrected chi connectivity index (χ1v) is 12.3. The van der Waals surface area contributed by atoms with Crippen molar-refractivity contribution >= 4 is 41.4 Å². The van der Waals surface area contributed by atoms with Gasteiger partial charge in [0.2, 0.25) is 5.91 Å². The molecular formula is C27H44NNaO3. The molecule has 0 spiro atoms. The maximum atomic E-state index is 12.1. The zero-order valence-electron chi connectivity index (χ0n) is 19.5. The van der Waals surface area contributed by atoms with Gasteiger partial charge in [-0.15, -0.1) is 0 Å². The molecule has 1 amide bonds. The van der Waals surface area contributed by atoms with Crippen LogP contribution in [0.4, 0.5) is 0 Å². The van der Waals surface area contributed by atoms with Gasteiger partial charge in [-0.1, -0.05) is 101 Å². The van der Waals surface area contributed by atoms with E-state index in [0.29, 0.717) is 12.8 Å². The molecule has 0 aromatic heterocycles. The van der Waals surface area contributed by atoms with Gasteiger partial charge in [-0.05, 0) is 37.7 Å². The third-order valence-corrected chi connectivity index (χ3v) is 5.58. The summed E-state index contributed by atoms with van der Waals surface area (Å²) in [6.45, 7) is 2.25.